The molecule has 8 nitrogen and oxygen atoms in total. The van der Waals surface area contributed by atoms with Crippen molar-refractivity contribution in [2.45, 2.75) is 13.8 Å². The topological polar surface area (TPSA) is 93.8 Å². The lowest BCUT2D eigenvalue weighted by Crippen LogP contribution is -2.47. The van der Waals surface area contributed by atoms with E-state index in [1.165, 1.54) is 29.1 Å². The van der Waals surface area contributed by atoms with Gasteiger partial charge in [0.05, 0.1) is 29.4 Å². The molecular weight excluding hydrogens is 286 g/mol. The van der Waals surface area contributed by atoms with E-state index in [-0.39, 0.29) is 5.56 Å². The number of carbonyl (C=O) groups excluding carboxylic acids is 1. The van der Waals surface area contributed by atoms with Crippen LogP contribution in [0.4, 0.5) is 0 Å². The van der Waals surface area contributed by atoms with E-state index >= 15 is 0 Å². The number of aromatic amines is 1. The minimum Gasteiger partial charge on any atom is -0.465 e. The molecule has 0 aliphatic heterocycles. The zero-order valence-electron chi connectivity index (χ0n) is 12.3. The molecule has 0 aliphatic rings. The number of H-pyrrole nitrogens is 1. The molecule has 0 aliphatic carbocycles. The maximum atomic E-state index is 12.7. The molecule has 8 heteroatoms. The summed E-state index contributed by atoms with van der Waals surface area (Å²) in [5, 5.41) is 7.34. The number of ether oxygens (including phenoxy) is 1. The summed E-state index contributed by atoms with van der Waals surface area (Å²) in [7, 11) is 1.30. The quantitative estimate of drug-likeness (QED) is 0.536. The van der Waals surface area contributed by atoms with Crippen molar-refractivity contribution in [3.63, 3.8) is 0 Å². The van der Waals surface area contributed by atoms with E-state index < -0.39 is 5.97 Å². The lowest BCUT2D eigenvalue weighted by molar-refractivity contribution is -0.729. The number of nitrogens with one attached hydrogen (secondary N) is 1. The Balaban J connectivity index is 2.42. The Morgan fingerprint density at radius 2 is 2.14 bits per heavy atom. The average molecular weight is 300 g/mol. The van der Waals surface area contributed by atoms with E-state index in [2.05, 4.69) is 15.2 Å². The van der Waals surface area contributed by atoms with Crippen molar-refractivity contribution < 1.29 is 14.2 Å². The SMILES string of the molecule is COC(=O)c1c(C)nc(C)c2c(=O)n(-[n+]3cn[nH]c3)ccc12. The Morgan fingerprint density at radius 3 is 2.77 bits per heavy atom. The molecule has 3 aromatic heterocycles. The van der Waals surface area contributed by atoms with Crippen LogP contribution in [0.3, 0.4) is 0 Å². The van der Waals surface area contributed by atoms with Crippen molar-refractivity contribution in [2.75, 3.05) is 7.11 Å². The summed E-state index contributed by atoms with van der Waals surface area (Å²) in [5.74, 6) is -0.511. The van der Waals surface area contributed by atoms with Crippen LogP contribution in [-0.4, -0.2) is 32.9 Å². The zero-order chi connectivity index (χ0) is 15.9. The molecule has 22 heavy (non-hydrogen) atoms. The molecule has 0 fully saturated rings. The summed E-state index contributed by atoms with van der Waals surface area (Å²) in [6.07, 6.45) is 4.57. The summed E-state index contributed by atoms with van der Waals surface area (Å²) in [4.78, 5) is 29.0. The number of esters is 1. The van der Waals surface area contributed by atoms with Crippen LogP contribution in [0, 0.1) is 13.8 Å². The highest BCUT2D eigenvalue weighted by molar-refractivity contribution is 6.05. The first-order valence-corrected chi connectivity index (χ1v) is 6.56. The fourth-order valence-electron chi connectivity index (χ4n) is 2.52. The second-order valence-corrected chi connectivity index (χ2v) is 4.79. The van der Waals surface area contributed by atoms with Gasteiger partial charge in [-0.2, -0.15) is 4.68 Å². The first-order valence-electron chi connectivity index (χ1n) is 6.56. The number of hydrogen-bond donors (Lipinski definition) is 1. The van der Waals surface area contributed by atoms with Crippen LogP contribution in [-0.2, 0) is 4.74 Å². The van der Waals surface area contributed by atoms with Crippen molar-refractivity contribution in [1.82, 2.24) is 19.9 Å². The molecular formula is C14H14N5O3+. The molecule has 3 aromatic rings. The van der Waals surface area contributed by atoms with Gasteiger partial charge < -0.3 is 4.74 Å². The highest BCUT2D eigenvalue weighted by atomic mass is 16.5. The van der Waals surface area contributed by atoms with E-state index in [0.717, 1.165) is 0 Å². The number of hydrogen-bond acceptors (Lipinski definition) is 5. The van der Waals surface area contributed by atoms with Crippen LogP contribution in [0.25, 0.3) is 10.8 Å². The summed E-state index contributed by atoms with van der Waals surface area (Å²) in [6.45, 7) is 3.46. The van der Waals surface area contributed by atoms with E-state index in [1.807, 2.05) is 0 Å². The van der Waals surface area contributed by atoms with Gasteiger partial charge in [-0.1, -0.05) is 0 Å². The Labute approximate surface area is 125 Å². The minimum absolute atomic E-state index is 0.293. The van der Waals surface area contributed by atoms with Crippen LogP contribution in [0.2, 0.25) is 0 Å². The van der Waals surface area contributed by atoms with Gasteiger partial charge in [-0.15, -0.1) is 9.77 Å². The van der Waals surface area contributed by atoms with Crippen LogP contribution in [0.1, 0.15) is 21.7 Å². The van der Waals surface area contributed by atoms with Crippen LogP contribution >= 0.6 is 0 Å². The number of nitrogens with zero attached hydrogens (tertiary/aromatic N) is 4. The van der Waals surface area contributed by atoms with Crippen molar-refractivity contribution >= 4 is 16.7 Å². The molecule has 0 saturated carbocycles. The second-order valence-electron chi connectivity index (χ2n) is 4.79. The maximum absolute atomic E-state index is 12.7. The predicted octanol–water partition coefficient (Wildman–Crippen LogP) is 0.122. The molecule has 3 heterocycles. The standard InChI is InChI=1S/C14H13N5O3/c1-8-11-10(12(9(2)17-8)14(21)22-3)4-5-19(13(11)20)18-6-15-16-7-18/h4-7H,1-3H3/p+1. The monoisotopic (exact) mass is 300 g/mol. The number of pyridine rings is 2. The first kappa shape index (κ1) is 13.9. The van der Waals surface area contributed by atoms with Crippen molar-refractivity contribution in [1.29, 1.82) is 0 Å². The van der Waals surface area contributed by atoms with Gasteiger partial charge in [0, 0.05) is 16.7 Å². The normalized spacial score (nSPS) is 10.9. The molecule has 1 N–H and O–H groups in total. The van der Waals surface area contributed by atoms with Crippen molar-refractivity contribution in [2.24, 2.45) is 0 Å². The largest absolute Gasteiger partial charge is 0.465 e. The lowest BCUT2D eigenvalue weighted by Gasteiger charge is -2.11. The Morgan fingerprint density at radius 1 is 1.36 bits per heavy atom. The molecule has 112 valence electrons. The van der Waals surface area contributed by atoms with Gasteiger partial charge in [0.1, 0.15) is 0 Å². The third-order valence-electron chi connectivity index (χ3n) is 3.48. The van der Waals surface area contributed by atoms with Gasteiger partial charge in [0.15, 0.2) is 0 Å². The van der Waals surface area contributed by atoms with E-state index in [9.17, 15) is 9.59 Å². The second kappa shape index (κ2) is 5.06. The van der Waals surface area contributed by atoms with E-state index in [1.54, 1.807) is 26.1 Å². The predicted molar refractivity (Wildman–Crippen MR) is 76.4 cm³/mol. The van der Waals surface area contributed by atoms with Gasteiger partial charge >= 0.3 is 5.97 Å². The Kier molecular flexibility index (Phi) is 3.21. The van der Waals surface area contributed by atoms with Crippen molar-refractivity contribution in [3.05, 3.63) is 52.2 Å². The van der Waals surface area contributed by atoms with Gasteiger partial charge in [0.25, 0.3) is 11.9 Å². The molecule has 3 rings (SSSR count). The molecule has 0 unspecified atom stereocenters. The highest BCUT2D eigenvalue weighted by Gasteiger charge is 2.20. The number of aryl methyl sites for hydroxylation is 2. The lowest BCUT2D eigenvalue weighted by atomic mass is 10.0. The maximum Gasteiger partial charge on any atom is 0.340 e. The Bertz CT molecular complexity index is 928. The van der Waals surface area contributed by atoms with E-state index in [4.69, 9.17) is 4.74 Å². The molecule has 0 radical (unpaired) electrons. The van der Waals surface area contributed by atoms with Crippen molar-refractivity contribution in [3.8, 4) is 0 Å². The summed E-state index contributed by atoms with van der Waals surface area (Å²) >= 11 is 0. The fourth-order valence-corrected chi connectivity index (χ4v) is 2.52. The summed E-state index contributed by atoms with van der Waals surface area (Å²) < 4.78 is 7.67. The smallest absolute Gasteiger partial charge is 0.340 e. The summed E-state index contributed by atoms with van der Waals surface area (Å²) in [5.41, 5.74) is 1.11. The summed E-state index contributed by atoms with van der Waals surface area (Å²) in [6, 6.07) is 1.70. The number of fused-ring (bicyclic) bond motifs is 1. The molecule has 0 bridgehead atoms. The average Bonchev–Trinajstić information content (AvgIpc) is 3.00. The zero-order valence-corrected chi connectivity index (χ0v) is 12.3. The van der Waals surface area contributed by atoms with Crippen LogP contribution in [0.15, 0.2) is 29.7 Å². The third-order valence-corrected chi connectivity index (χ3v) is 3.48. The number of aromatic nitrogens is 5. The van der Waals surface area contributed by atoms with Gasteiger partial charge in [0.2, 0.25) is 6.33 Å². The van der Waals surface area contributed by atoms with Gasteiger partial charge in [-0.3, -0.25) is 9.78 Å². The van der Waals surface area contributed by atoms with Gasteiger partial charge in [-0.25, -0.2) is 4.79 Å². The fraction of sp³-hybridized carbons (Fsp3) is 0.214. The molecule has 0 saturated heterocycles. The first-order chi connectivity index (χ1) is 10.5. The van der Waals surface area contributed by atoms with Crippen LogP contribution in [0.5, 0.6) is 0 Å². The number of methoxy groups -OCH3 is 1. The molecule has 0 atom stereocenters. The minimum atomic E-state index is -0.511. The number of rotatable bonds is 2. The third kappa shape index (κ3) is 1.96. The Hall–Kier alpha value is -3.03. The van der Waals surface area contributed by atoms with E-state index in [0.29, 0.717) is 27.7 Å². The molecule has 0 aromatic carbocycles. The number of carbonyl (C=O) groups is 1. The van der Waals surface area contributed by atoms with Gasteiger partial charge in [-0.05, 0) is 19.9 Å². The van der Waals surface area contributed by atoms with Crippen LogP contribution < -0.4 is 10.2 Å². The molecule has 0 spiro atoms. The highest BCUT2D eigenvalue weighted by Crippen LogP contribution is 2.21. The molecule has 0 amide bonds.